The molecule has 1 aromatic heterocycles. The highest BCUT2D eigenvalue weighted by molar-refractivity contribution is 6.01. The molecule has 1 amide bonds. The molecule has 1 aliphatic carbocycles. The van der Waals surface area contributed by atoms with Crippen molar-refractivity contribution in [3.8, 4) is 5.88 Å². The van der Waals surface area contributed by atoms with E-state index in [2.05, 4.69) is 10.3 Å². The van der Waals surface area contributed by atoms with Gasteiger partial charge >= 0.3 is 11.9 Å². The lowest BCUT2D eigenvalue weighted by Gasteiger charge is -2.22. The summed E-state index contributed by atoms with van der Waals surface area (Å²) in [7, 11) is 4.00. The van der Waals surface area contributed by atoms with Crippen molar-refractivity contribution in [2.45, 2.75) is 26.7 Å². The van der Waals surface area contributed by atoms with E-state index in [4.69, 9.17) is 14.2 Å². The lowest BCUT2D eigenvalue weighted by molar-refractivity contribution is -0.168. The molecule has 0 aromatic carbocycles. The Balaban J connectivity index is 2.44. The fourth-order valence-electron chi connectivity index (χ4n) is 3.13. The Labute approximate surface area is 145 Å². The van der Waals surface area contributed by atoms with Gasteiger partial charge in [-0.3, -0.25) is 14.4 Å². The van der Waals surface area contributed by atoms with E-state index in [9.17, 15) is 14.4 Å². The van der Waals surface area contributed by atoms with Crippen LogP contribution >= 0.6 is 0 Å². The number of rotatable bonds is 5. The Morgan fingerprint density at radius 3 is 2.16 bits per heavy atom. The highest BCUT2D eigenvalue weighted by Crippen LogP contribution is 2.43. The number of pyridine rings is 1. The minimum Gasteiger partial charge on any atom is -0.468 e. The number of amides is 1. The number of carbonyl (C=O) groups excluding carboxylic acids is 3. The predicted molar refractivity (Wildman–Crippen MR) is 87.1 cm³/mol. The summed E-state index contributed by atoms with van der Waals surface area (Å²) in [5.41, 5.74) is 1.53. The van der Waals surface area contributed by atoms with Gasteiger partial charge in [-0.15, -0.1) is 0 Å². The van der Waals surface area contributed by atoms with Crippen molar-refractivity contribution in [3.63, 3.8) is 0 Å². The van der Waals surface area contributed by atoms with Crippen LogP contribution in [0.5, 0.6) is 5.88 Å². The number of hydrogen-bond donors (Lipinski definition) is 1. The number of aromatic nitrogens is 1. The Morgan fingerprint density at radius 1 is 1.08 bits per heavy atom. The summed E-state index contributed by atoms with van der Waals surface area (Å²) in [6.45, 7) is 3.40. The Bertz CT molecular complexity index is 712. The highest BCUT2D eigenvalue weighted by atomic mass is 16.5. The zero-order valence-electron chi connectivity index (χ0n) is 15.0. The van der Waals surface area contributed by atoms with E-state index >= 15 is 0 Å². The Morgan fingerprint density at radius 2 is 1.64 bits per heavy atom. The number of carbonyl (C=O) groups is 3. The Hall–Kier alpha value is -2.64. The Kier molecular flexibility index (Phi) is 5.30. The number of likely N-dealkylation sites (N-methyl/N-ethyl adjacent to an activating group) is 1. The van der Waals surface area contributed by atoms with Gasteiger partial charge in [-0.2, -0.15) is 0 Å². The molecule has 0 saturated carbocycles. The molecular formula is C17H22N2O6. The average molecular weight is 350 g/mol. The topological polar surface area (TPSA) is 104 Å². The van der Waals surface area contributed by atoms with Gasteiger partial charge in [0.05, 0.1) is 14.2 Å². The van der Waals surface area contributed by atoms with Gasteiger partial charge in [0.15, 0.2) is 12.0 Å². The van der Waals surface area contributed by atoms with Crippen LogP contribution in [0.4, 0.5) is 0 Å². The predicted octanol–water partition coefficient (Wildman–Crippen LogP) is 0.254. The van der Waals surface area contributed by atoms with Crippen molar-refractivity contribution in [2.24, 2.45) is 5.41 Å². The molecule has 0 spiro atoms. The number of aryl methyl sites for hydroxylation is 1. The first kappa shape index (κ1) is 18.7. The van der Waals surface area contributed by atoms with E-state index < -0.39 is 17.4 Å². The zero-order valence-corrected chi connectivity index (χ0v) is 15.0. The van der Waals surface area contributed by atoms with Gasteiger partial charge in [0.2, 0.25) is 5.88 Å². The van der Waals surface area contributed by atoms with Crippen molar-refractivity contribution in [2.75, 3.05) is 27.9 Å². The highest BCUT2D eigenvalue weighted by Gasteiger charge is 2.53. The molecule has 1 aromatic rings. The average Bonchev–Trinajstić information content (AvgIpc) is 3.04. The molecule has 1 aliphatic rings. The third kappa shape index (κ3) is 3.16. The van der Waals surface area contributed by atoms with Crippen molar-refractivity contribution >= 4 is 17.8 Å². The van der Waals surface area contributed by atoms with Crippen LogP contribution in [-0.2, 0) is 36.7 Å². The smallest absolute Gasteiger partial charge is 0.323 e. The van der Waals surface area contributed by atoms with Gasteiger partial charge in [-0.05, 0) is 25.0 Å². The SMILES string of the molecule is CNC(=O)COc1nc(C)c2c(c1C)CC(C(=O)OC)(C(=O)OC)C2. The quantitative estimate of drug-likeness (QED) is 0.600. The summed E-state index contributed by atoms with van der Waals surface area (Å²) < 4.78 is 15.2. The van der Waals surface area contributed by atoms with Crippen LogP contribution < -0.4 is 10.1 Å². The summed E-state index contributed by atoms with van der Waals surface area (Å²) in [6, 6.07) is 0. The number of esters is 2. The van der Waals surface area contributed by atoms with Crippen LogP contribution in [0.3, 0.4) is 0 Å². The minimum atomic E-state index is -1.41. The van der Waals surface area contributed by atoms with Crippen LogP contribution in [-0.4, -0.2) is 50.7 Å². The standard InChI is InChI=1S/C17H22N2O6/c1-9-11-6-17(15(21)23-4,16(22)24-5)7-12(11)10(2)19-14(9)25-8-13(20)18-3/h6-8H2,1-5H3,(H,18,20). The molecule has 25 heavy (non-hydrogen) atoms. The van der Waals surface area contributed by atoms with Crippen molar-refractivity contribution in [1.29, 1.82) is 0 Å². The molecule has 0 aliphatic heterocycles. The van der Waals surface area contributed by atoms with Crippen molar-refractivity contribution in [3.05, 3.63) is 22.4 Å². The first-order valence-electron chi connectivity index (χ1n) is 7.79. The summed E-state index contributed by atoms with van der Waals surface area (Å²) >= 11 is 0. The number of methoxy groups -OCH3 is 2. The molecule has 1 heterocycles. The molecule has 1 N–H and O–H groups in total. The van der Waals surface area contributed by atoms with E-state index in [1.807, 2.05) is 0 Å². The molecule has 8 heteroatoms. The molecule has 0 atom stereocenters. The molecule has 0 bridgehead atoms. The van der Waals surface area contributed by atoms with Crippen molar-refractivity contribution < 1.29 is 28.6 Å². The zero-order chi connectivity index (χ0) is 18.8. The van der Waals surface area contributed by atoms with Crippen molar-refractivity contribution in [1.82, 2.24) is 10.3 Å². The van der Waals surface area contributed by atoms with E-state index in [0.29, 0.717) is 17.1 Å². The largest absolute Gasteiger partial charge is 0.468 e. The van der Waals surface area contributed by atoms with Gasteiger partial charge in [0.25, 0.3) is 5.91 Å². The normalized spacial score (nSPS) is 14.4. The van der Waals surface area contributed by atoms with E-state index in [1.54, 1.807) is 13.8 Å². The molecule has 0 unspecified atom stereocenters. The number of fused-ring (bicyclic) bond motifs is 1. The number of nitrogens with zero attached hydrogens (tertiary/aromatic N) is 1. The number of hydrogen-bond acceptors (Lipinski definition) is 7. The maximum Gasteiger partial charge on any atom is 0.323 e. The minimum absolute atomic E-state index is 0.146. The molecule has 136 valence electrons. The lowest BCUT2D eigenvalue weighted by Crippen LogP contribution is -2.42. The van der Waals surface area contributed by atoms with Crippen LogP contribution in [0.15, 0.2) is 0 Å². The van der Waals surface area contributed by atoms with E-state index in [1.165, 1.54) is 21.3 Å². The fraction of sp³-hybridized carbons (Fsp3) is 0.529. The van der Waals surface area contributed by atoms with E-state index in [-0.39, 0.29) is 25.4 Å². The third-order valence-electron chi connectivity index (χ3n) is 4.57. The fourth-order valence-corrected chi connectivity index (χ4v) is 3.13. The molecule has 0 saturated heterocycles. The number of nitrogens with one attached hydrogen (secondary N) is 1. The van der Waals surface area contributed by atoms with Gasteiger partial charge in [-0.1, -0.05) is 0 Å². The van der Waals surface area contributed by atoms with Crippen LogP contribution in [0.2, 0.25) is 0 Å². The van der Waals surface area contributed by atoms with Gasteiger partial charge in [-0.25, -0.2) is 4.98 Å². The monoisotopic (exact) mass is 350 g/mol. The molecular weight excluding hydrogens is 328 g/mol. The molecule has 2 rings (SSSR count). The summed E-state index contributed by atoms with van der Waals surface area (Å²) in [4.78, 5) is 40.4. The maximum absolute atomic E-state index is 12.3. The second kappa shape index (κ2) is 7.08. The lowest BCUT2D eigenvalue weighted by atomic mass is 9.84. The van der Waals surface area contributed by atoms with E-state index in [0.717, 1.165) is 11.1 Å². The second-order valence-corrected chi connectivity index (χ2v) is 5.97. The first-order valence-corrected chi connectivity index (χ1v) is 7.79. The number of ether oxygens (including phenoxy) is 3. The third-order valence-corrected chi connectivity index (χ3v) is 4.57. The van der Waals surface area contributed by atoms with Gasteiger partial charge < -0.3 is 19.5 Å². The van der Waals surface area contributed by atoms with Crippen LogP contribution in [0.25, 0.3) is 0 Å². The summed E-state index contributed by atoms with van der Waals surface area (Å²) in [5.74, 6) is -1.24. The molecule has 0 fully saturated rings. The van der Waals surface area contributed by atoms with Crippen LogP contribution in [0, 0.1) is 19.3 Å². The molecule has 8 nitrogen and oxygen atoms in total. The van der Waals surface area contributed by atoms with Gasteiger partial charge in [0, 0.05) is 31.1 Å². The van der Waals surface area contributed by atoms with Crippen LogP contribution in [0.1, 0.15) is 22.4 Å². The van der Waals surface area contributed by atoms with Gasteiger partial charge in [0.1, 0.15) is 0 Å². The molecule has 0 radical (unpaired) electrons. The summed E-state index contributed by atoms with van der Waals surface area (Å²) in [5, 5.41) is 2.47. The summed E-state index contributed by atoms with van der Waals surface area (Å²) in [6.07, 6.45) is 0.310. The first-order chi connectivity index (χ1) is 11.8. The maximum atomic E-state index is 12.3. The second-order valence-electron chi connectivity index (χ2n) is 5.97.